The molecule has 0 spiro atoms. The van der Waals surface area contributed by atoms with E-state index in [1.165, 1.54) is 7.05 Å². The molecule has 1 amide bonds. The molecule has 0 aromatic carbocycles. The van der Waals surface area contributed by atoms with Crippen LogP contribution in [0.25, 0.3) is 0 Å². The van der Waals surface area contributed by atoms with E-state index in [1.807, 2.05) is 0 Å². The number of amides is 1. The standard InChI is InChI=1S/C10H17NO3/c1-6(2)14-10(13)8(4)7(3)9(12)11-5/h6H,1-5H3,(H,11,12)/b8-7+. The first-order valence-corrected chi connectivity index (χ1v) is 4.50. The number of likely N-dealkylation sites (N-methyl/N-ethyl adjacent to an activating group) is 1. The van der Waals surface area contributed by atoms with Gasteiger partial charge >= 0.3 is 5.97 Å². The lowest BCUT2D eigenvalue weighted by molar-refractivity contribution is -0.142. The average molecular weight is 199 g/mol. The van der Waals surface area contributed by atoms with Gasteiger partial charge in [0, 0.05) is 18.2 Å². The topological polar surface area (TPSA) is 55.4 Å². The Morgan fingerprint density at radius 2 is 1.64 bits per heavy atom. The third kappa shape index (κ3) is 3.60. The van der Waals surface area contributed by atoms with Gasteiger partial charge in [0.2, 0.25) is 5.91 Å². The minimum atomic E-state index is -0.443. The van der Waals surface area contributed by atoms with Crippen LogP contribution in [0.4, 0.5) is 0 Å². The fourth-order valence-corrected chi connectivity index (χ4v) is 0.813. The maximum absolute atomic E-state index is 11.4. The van der Waals surface area contributed by atoms with Gasteiger partial charge in [0.25, 0.3) is 0 Å². The summed E-state index contributed by atoms with van der Waals surface area (Å²) in [4.78, 5) is 22.5. The molecule has 4 heteroatoms. The van der Waals surface area contributed by atoms with E-state index in [2.05, 4.69) is 5.32 Å². The highest BCUT2D eigenvalue weighted by Crippen LogP contribution is 2.07. The second-order valence-corrected chi connectivity index (χ2v) is 3.28. The maximum atomic E-state index is 11.4. The summed E-state index contributed by atoms with van der Waals surface area (Å²) in [5.41, 5.74) is 0.733. The zero-order valence-corrected chi connectivity index (χ0v) is 9.30. The fourth-order valence-electron chi connectivity index (χ4n) is 0.813. The molecule has 0 aliphatic heterocycles. The Kier molecular flexibility index (Phi) is 4.91. The lowest BCUT2D eigenvalue weighted by atomic mass is 10.1. The van der Waals surface area contributed by atoms with Crippen LogP contribution in [0.5, 0.6) is 0 Å². The minimum absolute atomic E-state index is 0.171. The predicted octanol–water partition coefficient (Wildman–Crippen LogP) is 1.02. The van der Waals surface area contributed by atoms with Crippen molar-refractivity contribution in [2.45, 2.75) is 33.8 Å². The molecule has 4 nitrogen and oxygen atoms in total. The fraction of sp³-hybridized carbons (Fsp3) is 0.600. The van der Waals surface area contributed by atoms with E-state index in [-0.39, 0.29) is 12.0 Å². The van der Waals surface area contributed by atoms with Gasteiger partial charge in [-0.1, -0.05) is 0 Å². The first-order valence-electron chi connectivity index (χ1n) is 4.50. The molecule has 0 fully saturated rings. The summed E-state index contributed by atoms with van der Waals surface area (Å²) >= 11 is 0. The van der Waals surface area contributed by atoms with Gasteiger partial charge in [-0.25, -0.2) is 4.79 Å². The number of carbonyl (C=O) groups excluding carboxylic acids is 2. The van der Waals surface area contributed by atoms with E-state index >= 15 is 0 Å². The van der Waals surface area contributed by atoms with E-state index in [0.717, 1.165) is 0 Å². The zero-order chi connectivity index (χ0) is 11.3. The van der Waals surface area contributed by atoms with Gasteiger partial charge in [-0.2, -0.15) is 0 Å². The van der Waals surface area contributed by atoms with Gasteiger partial charge in [0.1, 0.15) is 0 Å². The first-order chi connectivity index (χ1) is 6.40. The monoisotopic (exact) mass is 199 g/mol. The van der Waals surface area contributed by atoms with E-state index in [4.69, 9.17) is 4.74 Å². The molecule has 0 aliphatic carbocycles. The van der Waals surface area contributed by atoms with Crippen LogP contribution < -0.4 is 5.32 Å². The third-order valence-corrected chi connectivity index (χ3v) is 1.78. The van der Waals surface area contributed by atoms with Crippen molar-refractivity contribution in [3.63, 3.8) is 0 Å². The van der Waals surface area contributed by atoms with E-state index in [0.29, 0.717) is 11.1 Å². The largest absolute Gasteiger partial charge is 0.460 e. The molecule has 14 heavy (non-hydrogen) atoms. The van der Waals surface area contributed by atoms with Crippen LogP contribution in [-0.4, -0.2) is 25.0 Å². The summed E-state index contributed by atoms with van der Waals surface area (Å²) in [6, 6.07) is 0. The van der Waals surface area contributed by atoms with Crippen LogP contribution in [0, 0.1) is 0 Å². The molecule has 0 rings (SSSR count). The van der Waals surface area contributed by atoms with Gasteiger partial charge in [0.15, 0.2) is 0 Å². The number of carbonyl (C=O) groups is 2. The van der Waals surface area contributed by atoms with Gasteiger partial charge in [-0.3, -0.25) is 4.79 Å². The van der Waals surface area contributed by atoms with Crippen molar-refractivity contribution < 1.29 is 14.3 Å². The summed E-state index contributed by atoms with van der Waals surface area (Å²) in [5.74, 6) is -0.704. The number of hydrogen-bond donors (Lipinski definition) is 1. The molecule has 0 aromatic rings. The summed E-state index contributed by atoms with van der Waals surface area (Å²) in [6.45, 7) is 6.70. The van der Waals surface area contributed by atoms with Gasteiger partial charge < -0.3 is 10.1 Å². The number of rotatable bonds is 3. The highest BCUT2D eigenvalue weighted by Gasteiger charge is 2.14. The Balaban J connectivity index is 4.65. The van der Waals surface area contributed by atoms with Crippen LogP contribution >= 0.6 is 0 Å². The van der Waals surface area contributed by atoms with Crippen molar-refractivity contribution in [2.24, 2.45) is 0 Å². The van der Waals surface area contributed by atoms with Crippen LogP contribution in [0.15, 0.2) is 11.1 Å². The van der Waals surface area contributed by atoms with Crippen LogP contribution in [-0.2, 0) is 14.3 Å². The van der Waals surface area contributed by atoms with E-state index < -0.39 is 5.97 Å². The first kappa shape index (κ1) is 12.7. The van der Waals surface area contributed by atoms with Crippen LogP contribution in [0.3, 0.4) is 0 Å². The lowest BCUT2D eigenvalue weighted by Gasteiger charge is -2.09. The molecule has 80 valence electrons. The minimum Gasteiger partial charge on any atom is -0.460 e. The zero-order valence-electron chi connectivity index (χ0n) is 9.30. The molecule has 0 heterocycles. The van der Waals surface area contributed by atoms with E-state index in [1.54, 1.807) is 27.7 Å². The normalized spacial score (nSPS) is 12.1. The molecule has 0 unspecified atom stereocenters. The van der Waals surface area contributed by atoms with Crippen molar-refractivity contribution in [1.82, 2.24) is 5.32 Å². The van der Waals surface area contributed by atoms with Crippen molar-refractivity contribution in [1.29, 1.82) is 0 Å². The quantitative estimate of drug-likeness (QED) is 0.545. The Morgan fingerprint density at radius 1 is 1.14 bits per heavy atom. The number of esters is 1. The lowest BCUT2D eigenvalue weighted by Crippen LogP contribution is -2.22. The van der Waals surface area contributed by atoms with Crippen molar-refractivity contribution in [3.8, 4) is 0 Å². The van der Waals surface area contributed by atoms with Gasteiger partial charge in [-0.15, -0.1) is 0 Å². The van der Waals surface area contributed by atoms with E-state index in [9.17, 15) is 9.59 Å². The Labute approximate surface area is 84.3 Å². The summed E-state index contributed by atoms with van der Waals surface area (Å²) in [6.07, 6.45) is -0.171. The van der Waals surface area contributed by atoms with Crippen LogP contribution in [0.2, 0.25) is 0 Å². The second kappa shape index (κ2) is 5.42. The Hall–Kier alpha value is -1.32. The predicted molar refractivity (Wildman–Crippen MR) is 53.7 cm³/mol. The highest BCUT2D eigenvalue weighted by molar-refractivity contribution is 6.01. The molecule has 0 atom stereocenters. The smallest absolute Gasteiger partial charge is 0.334 e. The summed E-state index contributed by atoms with van der Waals surface area (Å²) in [7, 11) is 1.52. The molecule has 0 saturated heterocycles. The van der Waals surface area contributed by atoms with Gasteiger partial charge in [-0.05, 0) is 27.7 Å². The maximum Gasteiger partial charge on any atom is 0.334 e. The molecular weight excluding hydrogens is 182 g/mol. The second-order valence-electron chi connectivity index (χ2n) is 3.28. The number of nitrogens with one attached hydrogen (secondary N) is 1. The SMILES string of the molecule is CNC(=O)/C(C)=C(\C)C(=O)OC(C)C. The number of hydrogen-bond acceptors (Lipinski definition) is 3. The molecule has 0 saturated carbocycles. The van der Waals surface area contributed by atoms with Crippen molar-refractivity contribution in [3.05, 3.63) is 11.1 Å². The molecule has 0 radical (unpaired) electrons. The summed E-state index contributed by atoms with van der Waals surface area (Å²) < 4.78 is 4.95. The number of ether oxygens (including phenoxy) is 1. The Morgan fingerprint density at radius 3 is 2.00 bits per heavy atom. The molecular formula is C10H17NO3. The average Bonchev–Trinajstić information content (AvgIpc) is 2.13. The molecule has 1 N–H and O–H groups in total. The third-order valence-electron chi connectivity index (χ3n) is 1.78. The van der Waals surface area contributed by atoms with Crippen LogP contribution in [0.1, 0.15) is 27.7 Å². The van der Waals surface area contributed by atoms with Gasteiger partial charge in [0.05, 0.1) is 6.10 Å². The molecule has 0 bridgehead atoms. The van der Waals surface area contributed by atoms with Crippen molar-refractivity contribution >= 4 is 11.9 Å². The van der Waals surface area contributed by atoms with Crippen molar-refractivity contribution in [2.75, 3.05) is 7.05 Å². The Bertz CT molecular complexity index is 267. The summed E-state index contributed by atoms with van der Waals surface area (Å²) in [5, 5.41) is 2.45. The highest BCUT2D eigenvalue weighted by atomic mass is 16.5. The molecule has 0 aromatic heterocycles. The molecule has 0 aliphatic rings.